The zero-order valence-corrected chi connectivity index (χ0v) is 13.0. The van der Waals surface area contributed by atoms with E-state index in [0.29, 0.717) is 16.1 Å². The van der Waals surface area contributed by atoms with Gasteiger partial charge in [-0.3, -0.25) is 4.79 Å². The Bertz CT molecular complexity index is 822. The van der Waals surface area contributed by atoms with Gasteiger partial charge in [0.1, 0.15) is 0 Å². The number of ketones is 1. The third kappa shape index (κ3) is 2.17. The molecule has 0 fully saturated rings. The Labute approximate surface area is 129 Å². The van der Waals surface area contributed by atoms with Gasteiger partial charge in [-0.05, 0) is 36.8 Å². The summed E-state index contributed by atoms with van der Waals surface area (Å²) in [6.07, 6.45) is 1.72. The Morgan fingerprint density at radius 2 is 2.00 bits per heavy atom. The van der Waals surface area contributed by atoms with Crippen molar-refractivity contribution < 1.29 is 4.79 Å². The molecular formula is C16H11BrClNO. The summed E-state index contributed by atoms with van der Waals surface area (Å²) in [4.78, 5) is 15.8. The van der Waals surface area contributed by atoms with Crippen molar-refractivity contribution in [3.8, 4) is 0 Å². The predicted molar refractivity (Wildman–Crippen MR) is 85.6 cm³/mol. The van der Waals surface area contributed by atoms with E-state index in [0.717, 1.165) is 20.9 Å². The van der Waals surface area contributed by atoms with Crippen LogP contribution in [-0.4, -0.2) is 10.8 Å². The van der Waals surface area contributed by atoms with Crippen LogP contribution in [0.25, 0.3) is 10.9 Å². The quantitative estimate of drug-likeness (QED) is 0.640. The third-order valence-electron chi connectivity index (χ3n) is 3.34. The number of aromatic amines is 1. The van der Waals surface area contributed by atoms with Crippen molar-refractivity contribution in [1.82, 2.24) is 4.98 Å². The standard InChI is InChI=1S/C16H11BrClNO/c1-9-7-10(17)5-6-11(9)16(20)13-8-19-15-12(13)3-2-4-14(15)18/h2-8,19H,1H3. The van der Waals surface area contributed by atoms with E-state index < -0.39 is 0 Å². The average Bonchev–Trinajstić information content (AvgIpc) is 2.83. The van der Waals surface area contributed by atoms with E-state index in [2.05, 4.69) is 20.9 Å². The number of hydrogen-bond acceptors (Lipinski definition) is 1. The lowest BCUT2D eigenvalue weighted by molar-refractivity contribution is 0.104. The maximum atomic E-state index is 12.7. The fourth-order valence-electron chi connectivity index (χ4n) is 2.33. The molecule has 0 saturated carbocycles. The Balaban J connectivity index is 2.16. The maximum Gasteiger partial charge on any atom is 0.195 e. The van der Waals surface area contributed by atoms with E-state index in [9.17, 15) is 4.79 Å². The zero-order chi connectivity index (χ0) is 14.3. The third-order valence-corrected chi connectivity index (χ3v) is 4.15. The molecule has 0 radical (unpaired) electrons. The molecule has 0 bridgehead atoms. The molecule has 0 unspecified atom stereocenters. The van der Waals surface area contributed by atoms with Crippen molar-refractivity contribution in [1.29, 1.82) is 0 Å². The molecule has 0 amide bonds. The molecule has 3 rings (SSSR count). The number of aryl methyl sites for hydroxylation is 1. The largest absolute Gasteiger partial charge is 0.359 e. The lowest BCUT2D eigenvalue weighted by atomic mass is 9.99. The van der Waals surface area contributed by atoms with Gasteiger partial charge >= 0.3 is 0 Å². The van der Waals surface area contributed by atoms with Crippen LogP contribution in [0, 0.1) is 6.92 Å². The summed E-state index contributed by atoms with van der Waals surface area (Å²) < 4.78 is 0.966. The highest BCUT2D eigenvalue weighted by atomic mass is 79.9. The number of rotatable bonds is 2. The lowest BCUT2D eigenvalue weighted by Crippen LogP contribution is -2.02. The van der Waals surface area contributed by atoms with Gasteiger partial charge in [-0.15, -0.1) is 0 Å². The van der Waals surface area contributed by atoms with E-state index in [4.69, 9.17) is 11.6 Å². The fourth-order valence-corrected chi connectivity index (χ4v) is 3.04. The van der Waals surface area contributed by atoms with Crippen molar-refractivity contribution in [3.63, 3.8) is 0 Å². The Hall–Kier alpha value is -1.58. The van der Waals surface area contributed by atoms with Crippen molar-refractivity contribution >= 4 is 44.2 Å². The average molecular weight is 349 g/mol. The molecule has 1 N–H and O–H groups in total. The van der Waals surface area contributed by atoms with Gasteiger partial charge in [-0.25, -0.2) is 0 Å². The van der Waals surface area contributed by atoms with Crippen molar-refractivity contribution in [3.05, 3.63) is 68.8 Å². The van der Waals surface area contributed by atoms with Crippen LogP contribution in [0.1, 0.15) is 21.5 Å². The first kappa shape index (κ1) is 13.4. The van der Waals surface area contributed by atoms with Crippen LogP contribution in [0.15, 0.2) is 47.1 Å². The van der Waals surface area contributed by atoms with E-state index >= 15 is 0 Å². The summed E-state index contributed by atoms with van der Waals surface area (Å²) in [7, 11) is 0. The van der Waals surface area contributed by atoms with E-state index in [1.54, 1.807) is 12.3 Å². The van der Waals surface area contributed by atoms with Crippen LogP contribution in [0.3, 0.4) is 0 Å². The van der Waals surface area contributed by atoms with Gasteiger partial charge in [0.15, 0.2) is 5.78 Å². The van der Waals surface area contributed by atoms with Gasteiger partial charge < -0.3 is 4.98 Å². The highest BCUT2D eigenvalue weighted by molar-refractivity contribution is 9.10. The van der Waals surface area contributed by atoms with Crippen molar-refractivity contribution in [2.75, 3.05) is 0 Å². The van der Waals surface area contributed by atoms with Crippen LogP contribution in [-0.2, 0) is 0 Å². The first-order chi connectivity index (χ1) is 9.58. The molecule has 2 nitrogen and oxygen atoms in total. The zero-order valence-electron chi connectivity index (χ0n) is 10.7. The maximum absolute atomic E-state index is 12.7. The summed E-state index contributed by atoms with van der Waals surface area (Å²) >= 11 is 9.53. The molecule has 4 heteroatoms. The highest BCUT2D eigenvalue weighted by Crippen LogP contribution is 2.28. The number of H-pyrrole nitrogens is 1. The highest BCUT2D eigenvalue weighted by Gasteiger charge is 2.16. The number of fused-ring (bicyclic) bond motifs is 1. The number of carbonyl (C=O) groups excluding carboxylic acids is 1. The number of benzene rings is 2. The second-order valence-electron chi connectivity index (χ2n) is 4.65. The minimum Gasteiger partial charge on any atom is -0.359 e. The molecule has 0 aliphatic carbocycles. The number of aromatic nitrogens is 1. The molecule has 0 atom stereocenters. The van der Waals surface area contributed by atoms with Gasteiger partial charge in [0.05, 0.1) is 10.5 Å². The minimum absolute atomic E-state index is 0.00326. The smallest absolute Gasteiger partial charge is 0.195 e. The summed E-state index contributed by atoms with van der Waals surface area (Å²) in [6.45, 7) is 1.93. The lowest BCUT2D eigenvalue weighted by Gasteiger charge is -2.05. The topological polar surface area (TPSA) is 32.9 Å². The normalized spacial score (nSPS) is 10.9. The van der Waals surface area contributed by atoms with Crippen LogP contribution in [0.4, 0.5) is 0 Å². The Morgan fingerprint density at radius 3 is 2.75 bits per heavy atom. The molecule has 0 saturated heterocycles. The molecule has 100 valence electrons. The number of carbonyl (C=O) groups is 1. The van der Waals surface area contributed by atoms with E-state index in [-0.39, 0.29) is 5.78 Å². The van der Waals surface area contributed by atoms with Gasteiger partial charge in [-0.2, -0.15) is 0 Å². The predicted octanol–water partition coefficient (Wildman–Crippen LogP) is 5.12. The van der Waals surface area contributed by atoms with Gasteiger partial charge in [-0.1, -0.05) is 39.7 Å². The molecule has 20 heavy (non-hydrogen) atoms. The van der Waals surface area contributed by atoms with Crippen LogP contribution in [0.2, 0.25) is 5.02 Å². The first-order valence-corrected chi connectivity index (χ1v) is 7.31. The van der Waals surface area contributed by atoms with Gasteiger partial charge in [0.25, 0.3) is 0 Å². The van der Waals surface area contributed by atoms with Crippen LogP contribution in [0.5, 0.6) is 0 Å². The number of para-hydroxylation sites is 1. The number of hydrogen-bond donors (Lipinski definition) is 1. The Kier molecular flexibility index (Phi) is 3.40. The molecule has 1 aromatic heterocycles. The fraction of sp³-hybridized carbons (Fsp3) is 0.0625. The SMILES string of the molecule is Cc1cc(Br)ccc1C(=O)c1c[nH]c2c(Cl)cccc12. The molecule has 0 spiro atoms. The molecular weight excluding hydrogens is 338 g/mol. The molecule has 2 aromatic carbocycles. The monoisotopic (exact) mass is 347 g/mol. The van der Waals surface area contributed by atoms with Crippen LogP contribution >= 0.6 is 27.5 Å². The van der Waals surface area contributed by atoms with E-state index in [1.807, 2.05) is 37.3 Å². The second kappa shape index (κ2) is 5.08. The van der Waals surface area contributed by atoms with Gasteiger partial charge in [0.2, 0.25) is 0 Å². The molecule has 3 aromatic rings. The van der Waals surface area contributed by atoms with Crippen molar-refractivity contribution in [2.45, 2.75) is 6.92 Å². The molecule has 0 aliphatic heterocycles. The number of halogens is 2. The minimum atomic E-state index is 0.00326. The summed E-state index contributed by atoms with van der Waals surface area (Å²) in [5.74, 6) is 0.00326. The van der Waals surface area contributed by atoms with E-state index in [1.165, 1.54) is 0 Å². The summed E-state index contributed by atoms with van der Waals surface area (Å²) in [5.41, 5.74) is 3.09. The Morgan fingerprint density at radius 1 is 1.20 bits per heavy atom. The first-order valence-electron chi connectivity index (χ1n) is 6.14. The second-order valence-corrected chi connectivity index (χ2v) is 5.98. The summed E-state index contributed by atoms with van der Waals surface area (Å²) in [6, 6.07) is 11.2. The molecule has 1 heterocycles. The van der Waals surface area contributed by atoms with Crippen LogP contribution < -0.4 is 0 Å². The van der Waals surface area contributed by atoms with Gasteiger partial charge in [0, 0.05) is 27.2 Å². The summed E-state index contributed by atoms with van der Waals surface area (Å²) in [5, 5.41) is 1.47. The molecule has 0 aliphatic rings. The van der Waals surface area contributed by atoms with Crippen molar-refractivity contribution in [2.24, 2.45) is 0 Å². The number of nitrogens with one attached hydrogen (secondary N) is 1.